The Hall–Kier alpha value is -1.13. The van der Waals surface area contributed by atoms with Gasteiger partial charge in [-0.05, 0) is 37.6 Å². The van der Waals surface area contributed by atoms with Crippen LogP contribution in [0.15, 0.2) is 18.3 Å². The highest BCUT2D eigenvalue weighted by Gasteiger charge is 2.23. The van der Waals surface area contributed by atoms with Crippen molar-refractivity contribution in [2.75, 3.05) is 37.7 Å². The van der Waals surface area contributed by atoms with Crippen LogP contribution in [-0.4, -0.2) is 43.9 Å². The molecule has 4 heteroatoms. The van der Waals surface area contributed by atoms with Crippen molar-refractivity contribution >= 4 is 5.82 Å². The molecule has 1 aliphatic heterocycles. The highest BCUT2D eigenvalue weighted by atomic mass is 16.5. The average Bonchev–Trinajstić information content (AvgIpc) is 2.40. The fourth-order valence-corrected chi connectivity index (χ4v) is 2.25. The Labute approximate surface area is 109 Å². The molecule has 1 saturated heterocycles. The van der Waals surface area contributed by atoms with Crippen LogP contribution in [-0.2, 0) is 4.74 Å². The maximum absolute atomic E-state index is 5.59. The van der Waals surface area contributed by atoms with Gasteiger partial charge in [-0.2, -0.15) is 0 Å². The second kappa shape index (κ2) is 6.71. The van der Waals surface area contributed by atoms with E-state index >= 15 is 0 Å². The van der Waals surface area contributed by atoms with Crippen molar-refractivity contribution in [1.29, 1.82) is 0 Å². The number of nitrogens with one attached hydrogen (secondary N) is 1. The molecule has 1 unspecified atom stereocenters. The number of ether oxygens (including phenoxy) is 1. The number of hydrogen-bond acceptors (Lipinski definition) is 4. The summed E-state index contributed by atoms with van der Waals surface area (Å²) in [7, 11) is 0. The lowest BCUT2D eigenvalue weighted by Crippen LogP contribution is -2.51. The normalized spacial score (nSPS) is 20.1. The monoisotopic (exact) mass is 249 g/mol. The fourth-order valence-electron chi connectivity index (χ4n) is 2.25. The first-order valence-electron chi connectivity index (χ1n) is 6.79. The third-order valence-corrected chi connectivity index (χ3v) is 3.23. The van der Waals surface area contributed by atoms with Crippen LogP contribution in [0.3, 0.4) is 0 Å². The standard InChI is InChI=1S/C14H23N3O/c1-3-5-15-10-13-11-18-8-7-17(13)14-9-12(2)4-6-16-14/h4,6,9,13,15H,3,5,7-8,10-11H2,1-2H3. The van der Waals surface area contributed by atoms with Crippen molar-refractivity contribution in [2.24, 2.45) is 0 Å². The van der Waals surface area contributed by atoms with Crippen LogP contribution >= 0.6 is 0 Å². The summed E-state index contributed by atoms with van der Waals surface area (Å²) in [6.07, 6.45) is 3.05. The van der Waals surface area contributed by atoms with E-state index in [9.17, 15) is 0 Å². The molecule has 1 aliphatic rings. The van der Waals surface area contributed by atoms with Gasteiger partial charge in [-0.3, -0.25) is 0 Å². The van der Waals surface area contributed by atoms with Crippen molar-refractivity contribution in [1.82, 2.24) is 10.3 Å². The van der Waals surface area contributed by atoms with Crippen molar-refractivity contribution in [3.05, 3.63) is 23.9 Å². The molecule has 0 saturated carbocycles. The maximum atomic E-state index is 5.59. The largest absolute Gasteiger partial charge is 0.377 e. The molecule has 2 rings (SSSR count). The summed E-state index contributed by atoms with van der Waals surface area (Å²) in [5, 5.41) is 3.47. The Bertz CT molecular complexity index is 370. The van der Waals surface area contributed by atoms with Gasteiger partial charge >= 0.3 is 0 Å². The summed E-state index contributed by atoms with van der Waals surface area (Å²) < 4.78 is 5.59. The van der Waals surface area contributed by atoms with E-state index in [1.807, 2.05) is 12.3 Å². The van der Waals surface area contributed by atoms with E-state index in [1.54, 1.807) is 0 Å². The molecule has 1 atom stereocenters. The van der Waals surface area contributed by atoms with Gasteiger partial charge in [0.1, 0.15) is 5.82 Å². The molecule has 1 N–H and O–H groups in total. The fraction of sp³-hybridized carbons (Fsp3) is 0.643. The number of anilines is 1. The highest BCUT2D eigenvalue weighted by Crippen LogP contribution is 2.17. The molecule has 0 radical (unpaired) electrons. The Kier molecular flexibility index (Phi) is 4.96. The molecule has 18 heavy (non-hydrogen) atoms. The van der Waals surface area contributed by atoms with Crippen molar-refractivity contribution in [2.45, 2.75) is 26.3 Å². The zero-order valence-corrected chi connectivity index (χ0v) is 11.4. The van der Waals surface area contributed by atoms with E-state index in [0.717, 1.165) is 45.1 Å². The average molecular weight is 249 g/mol. The molecular formula is C14H23N3O. The SMILES string of the molecule is CCCNCC1COCCN1c1cc(C)ccn1. The molecule has 1 fully saturated rings. The van der Waals surface area contributed by atoms with Crippen LogP contribution in [0.1, 0.15) is 18.9 Å². The van der Waals surface area contributed by atoms with Gasteiger partial charge in [0, 0.05) is 19.3 Å². The molecule has 0 aromatic carbocycles. The molecule has 1 aromatic heterocycles. The molecule has 4 nitrogen and oxygen atoms in total. The molecule has 100 valence electrons. The topological polar surface area (TPSA) is 37.4 Å². The maximum Gasteiger partial charge on any atom is 0.129 e. The van der Waals surface area contributed by atoms with Gasteiger partial charge in [0.25, 0.3) is 0 Å². The second-order valence-corrected chi connectivity index (χ2v) is 4.82. The minimum Gasteiger partial charge on any atom is -0.377 e. The van der Waals surface area contributed by atoms with Crippen molar-refractivity contribution < 1.29 is 4.74 Å². The molecule has 0 bridgehead atoms. The number of rotatable bonds is 5. The van der Waals surface area contributed by atoms with Crippen LogP contribution in [0.2, 0.25) is 0 Å². The smallest absolute Gasteiger partial charge is 0.129 e. The zero-order chi connectivity index (χ0) is 12.8. The lowest BCUT2D eigenvalue weighted by molar-refractivity contribution is 0.0934. The van der Waals surface area contributed by atoms with Crippen molar-refractivity contribution in [3.8, 4) is 0 Å². The number of pyridine rings is 1. The predicted octanol–water partition coefficient (Wildman–Crippen LogP) is 1.59. The van der Waals surface area contributed by atoms with Gasteiger partial charge in [0.15, 0.2) is 0 Å². The first-order valence-corrected chi connectivity index (χ1v) is 6.79. The summed E-state index contributed by atoms with van der Waals surface area (Å²) in [6.45, 7) is 8.82. The first kappa shape index (κ1) is 13.3. The zero-order valence-electron chi connectivity index (χ0n) is 11.4. The summed E-state index contributed by atoms with van der Waals surface area (Å²) in [5.74, 6) is 1.07. The number of hydrogen-bond donors (Lipinski definition) is 1. The highest BCUT2D eigenvalue weighted by molar-refractivity contribution is 5.42. The molecule has 2 heterocycles. The van der Waals surface area contributed by atoms with Gasteiger partial charge in [-0.25, -0.2) is 4.98 Å². The van der Waals surface area contributed by atoms with E-state index in [1.165, 1.54) is 5.56 Å². The summed E-state index contributed by atoms with van der Waals surface area (Å²) in [5.41, 5.74) is 1.26. The number of morpholine rings is 1. The van der Waals surface area contributed by atoms with Gasteiger partial charge in [0.2, 0.25) is 0 Å². The number of nitrogens with zero attached hydrogens (tertiary/aromatic N) is 2. The predicted molar refractivity (Wildman–Crippen MR) is 74.1 cm³/mol. The minimum atomic E-state index is 0.389. The molecular weight excluding hydrogens is 226 g/mol. The van der Waals surface area contributed by atoms with Gasteiger partial charge in [-0.15, -0.1) is 0 Å². The quantitative estimate of drug-likeness (QED) is 0.804. The lowest BCUT2D eigenvalue weighted by atomic mass is 10.2. The summed E-state index contributed by atoms with van der Waals surface area (Å²) in [4.78, 5) is 6.84. The van der Waals surface area contributed by atoms with Gasteiger partial charge in [-0.1, -0.05) is 6.92 Å². The van der Waals surface area contributed by atoms with Crippen molar-refractivity contribution in [3.63, 3.8) is 0 Å². The van der Waals surface area contributed by atoms with E-state index in [-0.39, 0.29) is 0 Å². The number of aryl methyl sites for hydroxylation is 1. The van der Waals surface area contributed by atoms with E-state index < -0.39 is 0 Å². The Morgan fingerprint density at radius 2 is 2.44 bits per heavy atom. The van der Waals surface area contributed by atoms with Crippen LogP contribution < -0.4 is 10.2 Å². The Morgan fingerprint density at radius 1 is 1.56 bits per heavy atom. The molecule has 0 aliphatic carbocycles. The van der Waals surface area contributed by atoms with Crippen LogP contribution in [0, 0.1) is 6.92 Å². The molecule has 0 spiro atoms. The summed E-state index contributed by atoms with van der Waals surface area (Å²) in [6, 6.07) is 4.58. The van der Waals surface area contributed by atoms with Gasteiger partial charge < -0.3 is 15.0 Å². The van der Waals surface area contributed by atoms with E-state index in [2.05, 4.69) is 35.1 Å². The molecule has 1 aromatic rings. The summed E-state index contributed by atoms with van der Waals surface area (Å²) >= 11 is 0. The van der Waals surface area contributed by atoms with E-state index in [0.29, 0.717) is 6.04 Å². The van der Waals surface area contributed by atoms with E-state index in [4.69, 9.17) is 4.74 Å². The third kappa shape index (κ3) is 3.43. The Morgan fingerprint density at radius 3 is 3.22 bits per heavy atom. The molecule has 0 amide bonds. The first-order chi connectivity index (χ1) is 8.81. The minimum absolute atomic E-state index is 0.389. The lowest BCUT2D eigenvalue weighted by Gasteiger charge is -2.36. The van der Waals surface area contributed by atoms with Crippen LogP contribution in [0.25, 0.3) is 0 Å². The second-order valence-electron chi connectivity index (χ2n) is 4.82. The van der Waals surface area contributed by atoms with Crippen LogP contribution in [0.5, 0.6) is 0 Å². The number of aromatic nitrogens is 1. The van der Waals surface area contributed by atoms with Gasteiger partial charge in [0.05, 0.1) is 19.3 Å². The Balaban J connectivity index is 2.03. The van der Waals surface area contributed by atoms with Crippen LogP contribution in [0.4, 0.5) is 5.82 Å². The third-order valence-electron chi connectivity index (χ3n) is 3.23.